The van der Waals surface area contributed by atoms with E-state index >= 15 is 0 Å². The summed E-state index contributed by atoms with van der Waals surface area (Å²) in [6.45, 7) is 3.76. The molecule has 0 unspecified atom stereocenters. The lowest BCUT2D eigenvalue weighted by molar-refractivity contribution is -0.120. The molecule has 8 nitrogen and oxygen atoms in total. The standard InChI is InChI=1S/C20H25N5O3S/c1-11-7-8-14(9-12(11)2)25(10-15(26)23-13-5-3-4-6-13)20(28)18-16(21)17(19(22)27)24-29-18/h7-9,13H,3-6,10,21H2,1-2H3,(H2,22,27)(H,23,26). The fourth-order valence-corrected chi connectivity index (χ4v) is 4.17. The second kappa shape index (κ2) is 8.60. The molecule has 29 heavy (non-hydrogen) atoms. The highest BCUT2D eigenvalue weighted by Crippen LogP contribution is 2.27. The molecule has 1 aliphatic rings. The van der Waals surface area contributed by atoms with E-state index in [0.29, 0.717) is 5.69 Å². The van der Waals surface area contributed by atoms with Crippen molar-refractivity contribution in [2.75, 3.05) is 17.2 Å². The molecule has 1 aromatic carbocycles. The van der Waals surface area contributed by atoms with Crippen LogP contribution in [0.3, 0.4) is 0 Å². The molecule has 1 heterocycles. The Morgan fingerprint density at radius 1 is 1.21 bits per heavy atom. The van der Waals surface area contributed by atoms with Crippen LogP contribution in [-0.4, -0.2) is 34.7 Å². The zero-order valence-electron chi connectivity index (χ0n) is 16.5. The molecule has 3 rings (SSSR count). The van der Waals surface area contributed by atoms with Crippen molar-refractivity contribution in [3.63, 3.8) is 0 Å². The van der Waals surface area contributed by atoms with Gasteiger partial charge >= 0.3 is 0 Å². The number of hydrogen-bond donors (Lipinski definition) is 3. The number of carbonyl (C=O) groups is 3. The highest BCUT2D eigenvalue weighted by atomic mass is 32.1. The van der Waals surface area contributed by atoms with Crippen LogP contribution in [0.15, 0.2) is 18.2 Å². The molecule has 2 aromatic rings. The maximum atomic E-state index is 13.3. The third-order valence-electron chi connectivity index (χ3n) is 5.22. The maximum absolute atomic E-state index is 13.3. The Kier molecular flexibility index (Phi) is 6.17. The minimum atomic E-state index is -0.797. The van der Waals surface area contributed by atoms with E-state index in [9.17, 15) is 14.4 Å². The van der Waals surface area contributed by atoms with E-state index in [1.165, 1.54) is 4.90 Å². The summed E-state index contributed by atoms with van der Waals surface area (Å²) in [5, 5.41) is 3.00. The Balaban J connectivity index is 1.91. The van der Waals surface area contributed by atoms with Gasteiger partial charge < -0.3 is 16.8 Å². The predicted octanol–water partition coefficient (Wildman–Crippen LogP) is 2.15. The number of carbonyl (C=O) groups excluding carboxylic acids is 3. The molecule has 0 saturated heterocycles. The Hall–Kier alpha value is -2.94. The number of benzene rings is 1. The van der Waals surface area contributed by atoms with Gasteiger partial charge in [0.1, 0.15) is 11.4 Å². The molecular formula is C20H25N5O3S. The topological polar surface area (TPSA) is 131 Å². The number of nitrogens with two attached hydrogens (primary N) is 2. The lowest BCUT2D eigenvalue weighted by atomic mass is 10.1. The molecule has 3 amide bonds. The van der Waals surface area contributed by atoms with Crippen molar-refractivity contribution in [3.05, 3.63) is 39.9 Å². The number of hydrogen-bond acceptors (Lipinski definition) is 6. The van der Waals surface area contributed by atoms with E-state index < -0.39 is 11.8 Å². The van der Waals surface area contributed by atoms with Gasteiger partial charge in [0, 0.05) is 11.7 Å². The molecule has 154 valence electrons. The van der Waals surface area contributed by atoms with Gasteiger partial charge in [-0.15, -0.1) is 0 Å². The van der Waals surface area contributed by atoms with E-state index in [1.807, 2.05) is 26.0 Å². The van der Waals surface area contributed by atoms with Crippen LogP contribution in [0.4, 0.5) is 11.4 Å². The van der Waals surface area contributed by atoms with Crippen molar-refractivity contribution in [1.82, 2.24) is 9.69 Å². The number of primary amides is 1. The molecule has 0 atom stereocenters. The summed E-state index contributed by atoms with van der Waals surface area (Å²) in [4.78, 5) is 38.8. The van der Waals surface area contributed by atoms with Crippen molar-refractivity contribution < 1.29 is 14.4 Å². The van der Waals surface area contributed by atoms with Crippen LogP contribution in [0.1, 0.15) is 57.0 Å². The van der Waals surface area contributed by atoms with Crippen LogP contribution in [-0.2, 0) is 4.79 Å². The molecule has 1 fully saturated rings. The van der Waals surface area contributed by atoms with E-state index in [2.05, 4.69) is 9.69 Å². The van der Waals surface area contributed by atoms with Crippen LogP contribution >= 0.6 is 11.5 Å². The molecule has 0 spiro atoms. The normalized spacial score (nSPS) is 14.0. The third-order valence-corrected chi connectivity index (χ3v) is 6.08. The monoisotopic (exact) mass is 415 g/mol. The number of amides is 3. The van der Waals surface area contributed by atoms with Crippen LogP contribution in [0.5, 0.6) is 0 Å². The number of aryl methyl sites for hydroxylation is 2. The molecule has 0 radical (unpaired) electrons. The number of nitrogen functional groups attached to an aromatic ring is 1. The fraction of sp³-hybridized carbons (Fsp3) is 0.400. The smallest absolute Gasteiger partial charge is 0.272 e. The zero-order valence-corrected chi connectivity index (χ0v) is 17.3. The molecule has 0 aliphatic heterocycles. The van der Waals surface area contributed by atoms with Gasteiger partial charge in [0.15, 0.2) is 5.69 Å². The number of nitrogens with zero attached hydrogens (tertiary/aromatic N) is 2. The fourth-order valence-electron chi connectivity index (χ4n) is 3.41. The summed E-state index contributed by atoms with van der Waals surface area (Å²) in [5.74, 6) is -1.52. The highest BCUT2D eigenvalue weighted by Gasteiger charge is 2.28. The van der Waals surface area contributed by atoms with Gasteiger partial charge in [0.25, 0.3) is 11.8 Å². The van der Waals surface area contributed by atoms with Crippen LogP contribution in [0.25, 0.3) is 0 Å². The largest absolute Gasteiger partial charge is 0.395 e. The SMILES string of the molecule is Cc1ccc(N(CC(=O)NC2CCCC2)C(=O)c2snc(C(N)=O)c2N)cc1C. The van der Waals surface area contributed by atoms with Gasteiger partial charge in [-0.05, 0) is 61.5 Å². The molecule has 9 heteroatoms. The lowest BCUT2D eigenvalue weighted by Crippen LogP contribution is -2.43. The summed E-state index contributed by atoms with van der Waals surface area (Å²) >= 11 is 0.804. The summed E-state index contributed by atoms with van der Waals surface area (Å²) in [6, 6.07) is 5.68. The summed E-state index contributed by atoms with van der Waals surface area (Å²) < 4.78 is 3.90. The summed E-state index contributed by atoms with van der Waals surface area (Å²) in [6.07, 6.45) is 4.09. The van der Waals surface area contributed by atoms with Crippen molar-refractivity contribution in [3.8, 4) is 0 Å². The van der Waals surface area contributed by atoms with Gasteiger partial charge in [-0.2, -0.15) is 4.37 Å². The second-order valence-corrected chi connectivity index (χ2v) is 8.12. The quantitative estimate of drug-likeness (QED) is 0.665. The Bertz CT molecular complexity index is 950. The molecule has 5 N–H and O–H groups in total. The van der Waals surface area contributed by atoms with E-state index in [4.69, 9.17) is 11.5 Å². The number of anilines is 2. The Morgan fingerprint density at radius 2 is 1.90 bits per heavy atom. The first-order valence-electron chi connectivity index (χ1n) is 9.51. The van der Waals surface area contributed by atoms with Crippen molar-refractivity contribution in [1.29, 1.82) is 0 Å². The van der Waals surface area contributed by atoms with Gasteiger partial charge in [0.2, 0.25) is 5.91 Å². The van der Waals surface area contributed by atoms with E-state index in [0.717, 1.165) is 48.3 Å². The predicted molar refractivity (Wildman–Crippen MR) is 113 cm³/mol. The lowest BCUT2D eigenvalue weighted by Gasteiger charge is -2.24. The molecule has 1 aliphatic carbocycles. The van der Waals surface area contributed by atoms with Gasteiger partial charge in [-0.3, -0.25) is 19.3 Å². The van der Waals surface area contributed by atoms with Crippen molar-refractivity contribution >= 4 is 40.6 Å². The minimum Gasteiger partial charge on any atom is -0.395 e. The van der Waals surface area contributed by atoms with Crippen LogP contribution < -0.4 is 21.7 Å². The minimum absolute atomic E-state index is 0.0578. The average Bonchev–Trinajstić information content (AvgIpc) is 3.31. The number of rotatable bonds is 6. The molecule has 0 bridgehead atoms. The van der Waals surface area contributed by atoms with Crippen LogP contribution in [0, 0.1) is 13.8 Å². The van der Waals surface area contributed by atoms with E-state index in [1.54, 1.807) is 6.07 Å². The van der Waals surface area contributed by atoms with Gasteiger partial charge in [0.05, 0.1) is 5.69 Å². The number of aromatic nitrogens is 1. The first kappa shape index (κ1) is 20.8. The zero-order chi connectivity index (χ0) is 21.1. The maximum Gasteiger partial charge on any atom is 0.272 e. The molecule has 1 aromatic heterocycles. The van der Waals surface area contributed by atoms with Gasteiger partial charge in [-0.25, -0.2) is 0 Å². The van der Waals surface area contributed by atoms with Crippen molar-refractivity contribution in [2.45, 2.75) is 45.6 Å². The summed E-state index contributed by atoms with van der Waals surface area (Å²) in [7, 11) is 0. The summed E-state index contributed by atoms with van der Waals surface area (Å²) in [5.41, 5.74) is 13.7. The molecule has 1 saturated carbocycles. The molecular weight excluding hydrogens is 390 g/mol. The van der Waals surface area contributed by atoms with Crippen LogP contribution in [0.2, 0.25) is 0 Å². The van der Waals surface area contributed by atoms with Crippen molar-refractivity contribution in [2.24, 2.45) is 5.73 Å². The Morgan fingerprint density at radius 3 is 2.48 bits per heavy atom. The first-order chi connectivity index (χ1) is 13.8. The van der Waals surface area contributed by atoms with E-state index in [-0.39, 0.29) is 34.8 Å². The number of nitrogens with one attached hydrogen (secondary N) is 1. The first-order valence-corrected chi connectivity index (χ1v) is 10.3. The Labute approximate surface area is 173 Å². The average molecular weight is 416 g/mol. The third kappa shape index (κ3) is 4.56. The highest BCUT2D eigenvalue weighted by molar-refractivity contribution is 7.09. The second-order valence-electron chi connectivity index (χ2n) is 7.35. The van der Waals surface area contributed by atoms with Gasteiger partial charge in [-0.1, -0.05) is 18.9 Å².